The van der Waals surface area contributed by atoms with E-state index in [4.69, 9.17) is 4.74 Å². The van der Waals surface area contributed by atoms with Gasteiger partial charge in [-0.2, -0.15) is 0 Å². The Labute approximate surface area is 89.4 Å². The molecule has 5 nitrogen and oxygen atoms in total. The molecule has 1 atom stereocenters. The molecule has 0 aromatic carbocycles. The van der Waals surface area contributed by atoms with Gasteiger partial charge in [0.15, 0.2) is 6.04 Å². The van der Waals surface area contributed by atoms with Crippen molar-refractivity contribution in [1.82, 2.24) is 5.32 Å². The van der Waals surface area contributed by atoms with Crippen LogP contribution in [0.15, 0.2) is 12.2 Å². The van der Waals surface area contributed by atoms with Gasteiger partial charge in [0.05, 0.1) is 13.2 Å². The zero-order valence-electron chi connectivity index (χ0n) is 9.33. The van der Waals surface area contributed by atoms with Crippen LogP contribution < -0.4 is 5.32 Å². The van der Waals surface area contributed by atoms with E-state index in [0.717, 1.165) is 0 Å². The van der Waals surface area contributed by atoms with Crippen LogP contribution in [0.5, 0.6) is 0 Å². The molecule has 1 N–H and O–H groups in total. The number of hydrogen-bond donors (Lipinski definition) is 1. The summed E-state index contributed by atoms with van der Waals surface area (Å²) in [5.41, 5.74) is 0.501. The van der Waals surface area contributed by atoms with E-state index >= 15 is 0 Å². The second-order valence-corrected chi connectivity index (χ2v) is 2.90. The molecular weight excluding hydrogens is 198 g/mol. The van der Waals surface area contributed by atoms with E-state index in [0.29, 0.717) is 5.57 Å². The van der Waals surface area contributed by atoms with E-state index in [1.165, 1.54) is 0 Å². The van der Waals surface area contributed by atoms with Crippen molar-refractivity contribution in [2.45, 2.75) is 26.8 Å². The second kappa shape index (κ2) is 6.86. The predicted molar refractivity (Wildman–Crippen MR) is 55.4 cm³/mol. The fraction of sp³-hybridized carbons (Fsp3) is 0.600. The van der Waals surface area contributed by atoms with Gasteiger partial charge in [-0.15, -0.1) is 0 Å². The van der Waals surface area contributed by atoms with Gasteiger partial charge in [0.1, 0.15) is 0 Å². The van der Waals surface area contributed by atoms with Gasteiger partial charge in [0.25, 0.3) is 0 Å². The van der Waals surface area contributed by atoms with Gasteiger partial charge in [-0.05, 0) is 26.3 Å². The first-order chi connectivity index (χ1) is 7.02. The van der Waals surface area contributed by atoms with E-state index in [2.05, 4.69) is 16.6 Å². The lowest BCUT2D eigenvalue weighted by atomic mass is 10.1. The molecule has 0 heterocycles. The number of carbonyl (C=O) groups is 2. The smallest absolute Gasteiger partial charge is 0.408 e. The molecule has 0 rings (SSSR count). The second-order valence-electron chi connectivity index (χ2n) is 2.90. The number of carbonyl (C=O) groups excluding carboxylic acids is 2. The monoisotopic (exact) mass is 215 g/mol. The molecule has 15 heavy (non-hydrogen) atoms. The molecule has 0 aromatic heterocycles. The minimum Gasteiger partial charge on any atom is -0.464 e. The summed E-state index contributed by atoms with van der Waals surface area (Å²) in [6, 6.07) is -0.844. The summed E-state index contributed by atoms with van der Waals surface area (Å²) in [6.07, 6.45) is -0.654. The standard InChI is InChI=1S/C10H17NO4/c1-5-14-9(12)8(7(3)4)11-10(13)15-6-2/h8H,3,5-6H2,1-2,4H3,(H,11,13). The highest BCUT2D eigenvalue weighted by Crippen LogP contribution is 2.01. The van der Waals surface area contributed by atoms with Gasteiger partial charge < -0.3 is 14.8 Å². The van der Waals surface area contributed by atoms with Crippen LogP contribution in [0.2, 0.25) is 0 Å². The Bertz CT molecular complexity index is 250. The molecule has 0 radical (unpaired) electrons. The van der Waals surface area contributed by atoms with Gasteiger partial charge in [0, 0.05) is 0 Å². The average Bonchev–Trinajstić information content (AvgIpc) is 2.14. The summed E-state index contributed by atoms with van der Waals surface area (Å²) in [4.78, 5) is 22.5. The lowest BCUT2D eigenvalue weighted by Crippen LogP contribution is -2.42. The molecule has 1 unspecified atom stereocenters. The van der Waals surface area contributed by atoms with Crippen molar-refractivity contribution in [2.75, 3.05) is 13.2 Å². The summed E-state index contributed by atoms with van der Waals surface area (Å²) < 4.78 is 9.43. The first-order valence-corrected chi connectivity index (χ1v) is 4.78. The SMILES string of the molecule is C=C(C)C(NC(=O)OCC)C(=O)OCC. The quantitative estimate of drug-likeness (QED) is 0.553. The predicted octanol–water partition coefficient (Wildman–Crippen LogP) is 1.24. The Morgan fingerprint density at radius 1 is 1.27 bits per heavy atom. The number of hydrogen-bond acceptors (Lipinski definition) is 4. The molecule has 0 saturated heterocycles. The summed E-state index contributed by atoms with van der Waals surface area (Å²) in [5, 5.41) is 2.37. The van der Waals surface area contributed by atoms with E-state index < -0.39 is 18.1 Å². The average molecular weight is 215 g/mol. The van der Waals surface area contributed by atoms with Crippen molar-refractivity contribution >= 4 is 12.1 Å². The van der Waals surface area contributed by atoms with Crippen LogP contribution in [0.3, 0.4) is 0 Å². The van der Waals surface area contributed by atoms with E-state index in [-0.39, 0.29) is 13.2 Å². The molecule has 0 saturated carbocycles. The Hall–Kier alpha value is -1.52. The molecule has 0 fully saturated rings. The first kappa shape index (κ1) is 13.5. The maximum absolute atomic E-state index is 11.4. The highest BCUT2D eigenvalue weighted by atomic mass is 16.6. The minimum absolute atomic E-state index is 0.248. The number of rotatable bonds is 5. The van der Waals surface area contributed by atoms with Crippen LogP contribution in [0.1, 0.15) is 20.8 Å². The van der Waals surface area contributed by atoms with E-state index in [9.17, 15) is 9.59 Å². The van der Waals surface area contributed by atoms with E-state index in [1.807, 2.05) is 0 Å². The fourth-order valence-electron chi connectivity index (χ4n) is 0.900. The van der Waals surface area contributed by atoms with Crippen LogP contribution in [-0.2, 0) is 14.3 Å². The van der Waals surface area contributed by atoms with Crippen molar-refractivity contribution in [3.05, 3.63) is 12.2 Å². The van der Waals surface area contributed by atoms with Gasteiger partial charge in [0.2, 0.25) is 0 Å². The normalized spacial score (nSPS) is 11.4. The minimum atomic E-state index is -0.844. The van der Waals surface area contributed by atoms with Crippen LogP contribution in [0.4, 0.5) is 4.79 Å². The molecule has 0 aliphatic carbocycles. The Balaban J connectivity index is 4.34. The van der Waals surface area contributed by atoms with Crippen LogP contribution in [0.25, 0.3) is 0 Å². The third kappa shape index (κ3) is 5.05. The molecule has 1 amide bonds. The van der Waals surface area contributed by atoms with Crippen molar-refractivity contribution < 1.29 is 19.1 Å². The van der Waals surface area contributed by atoms with Crippen LogP contribution in [0, 0.1) is 0 Å². The molecule has 5 heteroatoms. The topological polar surface area (TPSA) is 64.6 Å². The molecule has 0 spiro atoms. The number of alkyl carbamates (subject to hydrolysis) is 1. The Morgan fingerprint density at radius 3 is 2.20 bits per heavy atom. The number of nitrogens with one attached hydrogen (secondary N) is 1. The summed E-state index contributed by atoms with van der Waals surface area (Å²) in [7, 11) is 0. The molecule has 0 bridgehead atoms. The van der Waals surface area contributed by atoms with Crippen molar-refractivity contribution in [2.24, 2.45) is 0 Å². The summed E-state index contributed by atoms with van der Waals surface area (Å²) >= 11 is 0. The molecule has 0 aliphatic rings. The molecule has 0 aromatic rings. The van der Waals surface area contributed by atoms with Crippen molar-refractivity contribution in [1.29, 1.82) is 0 Å². The van der Waals surface area contributed by atoms with Gasteiger partial charge in [-0.25, -0.2) is 9.59 Å². The summed E-state index contributed by atoms with van der Waals surface area (Å²) in [5.74, 6) is -0.530. The number of ether oxygens (including phenoxy) is 2. The number of esters is 1. The lowest BCUT2D eigenvalue weighted by Gasteiger charge is -2.16. The highest BCUT2D eigenvalue weighted by Gasteiger charge is 2.22. The zero-order chi connectivity index (χ0) is 11.8. The van der Waals surface area contributed by atoms with Gasteiger partial charge in [-0.1, -0.05) is 6.58 Å². The van der Waals surface area contributed by atoms with Gasteiger partial charge in [-0.3, -0.25) is 0 Å². The maximum Gasteiger partial charge on any atom is 0.408 e. The third-order valence-corrected chi connectivity index (χ3v) is 1.55. The third-order valence-electron chi connectivity index (χ3n) is 1.55. The van der Waals surface area contributed by atoms with Crippen molar-refractivity contribution in [3.8, 4) is 0 Å². The Morgan fingerprint density at radius 2 is 1.80 bits per heavy atom. The molecule has 86 valence electrons. The fourth-order valence-corrected chi connectivity index (χ4v) is 0.900. The molecular formula is C10H17NO4. The summed E-state index contributed by atoms with van der Waals surface area (Å²) in [6.45, 7) is 9.11. The number of amides is 1. The Kier molecular flexibility index (Phi) is 6.17. The van der Waals surface area contributed by atoms with Crippen LogP contribution >= 0.6 is 0 Å². The van der Waals surface area contributed by atoms with E-state index in [1.54, 1.807) is 20.8 Å². The lowest BCUT2D eigenvalue weighted by molar-refractivity contribution is -0.144. The zero-order valence-corrected chi connectivity index (χ0v) is 9.33. The van der Waals surface area contributed by atoms with Gasteiger partial charge >= 0.3 is 12.1 Å². The van der Waals surface area contributed by atoms with Crippen LogP contribution in [-0.4, -0.2) is 31.3 Å². The highest BCUT2D eigenvalue weighted by molar-refractivity contribution is 5.84. The largest absolute Gasteiger partial charge is 0.464 e. The maximum atomic E-state index is 11.4. The van der Waals surface area contributed by atoms with Crippen molar-refractivity contribution in [3.63, 3.8) is 0 Å². The molecule has 0 aliphatic heterocycles. The first-order valence-electron chi connectivity index (χ1n) is 4.78.